The molecule has 0 bridgehead atoms. The molecule has 8 atom stereocenters. The fraction of sp³-hybridized carbons (Fsp3) is 0.720. The van der Waals surface area contributed by atoms with Gasteiger partial charge in [-0.25, -0.2) is 0 Å². The van der Waals surface area contributed by atoms with Crippen LogP contribution >= 0.6 is 23.5 Å². The van der Waals surface area contributed by atoms with Crippen molar-refractivity contribution in [3.8, 4) is 0 Å². The maximum absolute atomic E-state index is 13.4. The highest BCUT2D eigenvalue weighted by Gasteiger charge is 2.55. The maximum atomic E-state index is 13.4. The third kappa shape index (κ3) is 5.09. The predicted molar refractivity (Wildman–Crippen MR) is 134 cm³/mol. The van der Waals surface area contributed by atoms with Gasteiger partial charge in [-0.15, -0.1) is 11.6 Å². The van der Waals surface area contributed by atoms with Gasteiger partial charge in [0.05, 0.1) is 17.4 Å². The molecular formula is C25H38ClN3O3S. The molecule has 8 heteroatoms. The van der Waals surface area contributed by atoms with E-state index < -0.39 is 17.5 Å². The summed E-state index contributed by atoms with van der Waals surface area (Å²) in [5.74, 6) is -0.153. The van der Waals surface area contributed by atoms with Crippen LogP contribution in [0.15, 0.2) is 34.8 Å². The number of hydrogen-bond acceptors (Lipinski definition) is 6. The Labute approximate surface area is 207 Å². The van der Waals surface area contributed by atoms with E-state index in [0.717, 1.165) is 18.4 Å². The average molecular weight is 496 g/mol. The van der Waals surface area contributed by atoms with Crippen molar-refractivity contribution in [3.63, 3.8) is 0 Å². The molecule has 2 aliphatic carbocycles. The first kappa shape index (κ1) is 25.3. The molecule has 0 spiro atoms. The number of allylic oxidation sites excluding steroid dienone is 3. The lowest BCUT2D eigenvalue weighted by Crippen LogP contribution is -2.55. The van der Waals surface area contributed by atoms with Crippen LogP contribution in [0.3, 0.4) is 0 Å². The highest BCUT2D eigenvalue weighted by atomic mass is 35.5. The van der Waals surface area contributed by atoms with Gasteiger partial charge in [0.15, 0.2) is 0 Å². The average Bonchev–Trinajstić information content (AvgIpc) is 3.04. The van der Waals surface area contributed by atoms with E-state index in [2.05, 4.69) is 36.9 Å². The van der Waals surface area contributed by atoms with Gasteiger partial charge in [0.1, 0.15) is 12.4 Å². The van der Waals surface area contributed by atoms with Crippen molar-refractivity contribution in [1.29, 1.82) is 0 Å². The number of methoxy groups -OCH3 is 1. The minimum absolute atomic E-state index is 0.0201. The fourth-order valence-corrected chi connectivity index (χ4v) is 6.86. The molecule has 3 N–H and O–H groups in total. The van der Waals surface area contributed by atoms with Crippen LogP contribution in [0.2, 0.25) is 0 Å². The lowest BCUT2D eigenvalue weighted by atomic mass is 9.74. The van der Waals surface area contributed by atoms with E-state index in [9.17, 15) is 9.90 Å². The number of alkyl halides is 1. The Bertz CT molecular complexity index is 839. The minimum Gasteiger partial charge on any atom is -0.376 e. The molecular weight excluding hydrogens is 458 g/mol. The molecule has 0 aromatic carbocycles. The predicted octanol–water partition coefficient (Wildman–Crippen LogP) is 3.78. The summed E-state index contributed by atoms with van der Waals surface area (Å²) >= 11 is 8.22. The van der Waals surface area contributed by atoms with E-state index in [1.807, 2.05) is 25.2 Å². The molecule has 4 aliphatic rings. The first-order valence-corrected chi connectivity index (χ1v) is 13.3. The van der Waals surface area contributed by atoms with Crippen LogP contribution in [-0.4, -0.2) is 59.5 Å². The molecule has 1 fully saturated rings. The number of rotatable bonds is 5. The number of amides is 1. The Hall–Kier alpha value is -0.830. The van der Waals surface area contributed by atoms with Gasteiger partial charge in [0, 0.05) is 25.6 Å². The first-order chi connectivity index (χ1) is 15.6. The van der Waals surface area contributed by atoms with Gasteiger partial charge in [-0.1, -0.05) is 39.0 Å². The lowest BCUT2D eigenvalue weighted by Gasteiger charge is -2.37. The third-order valence-corrected chi connectivity index (χ3v) is 9.23. The maximum Gasteiger partial charge on any atom is 0.231 e. The molecule has 4 rings (SSSR count). The Morgan fingerprint density at radius 1 is 1.33 bits per heavy atom. The van der Waals surface area contributed by atoms with Gasteiger partial charge >= 0.3 is 0 Å². The first-order valence-electron chi connectivity index (χ1n) is 12.0. The van der Waals surface area contributed by atoms with Gasteiger partial charge in [0.25, 0.3) is 0 Å². The molecule has 2 heterocycles. The van der Waals surface area contributed by atoms with Crippen molar-refractivity contribution in [2.45, 2.75) is 76.9 Å². The van der Waals surface area contributed by atoms with Gasteiger partial charge in [-0.3, -0.25) is 19.7 Å². The monoisotopic (exact) mass is 495 g/mol. The van der Waals surface area contributed by atoms with E-state index >= 15 is 0 Å². The molecule has 2 aliphatic heterocycles. The van der Waals surface area contributed by atoms with Crippen LogP contribution in [0.1, 0.15) is 47.0 Å². The van der Waals surface area contributed by atoms with E-state index in [1.54, 1.807) is 24.0 Å². The zero-order valence-electron chi connectivity index (χ0n) is 20.3. The standard InChI is InChI=1S/C25H38ClN3O3S/c1-14-12-20(27-13-19(14)32-5)29-23(30)21-17(26)10-11-18(22(21)24(29)31)28-33-16-8-6-15(7-9-16)25(2,3)4/h8,10-12,15,17-22,24,27-28,31H,6-7,9,13H2,1-5H3/t15-,17-,18+,19-,20-,21?,22?,24?/m0/s1. The van der Waals surface area contributed by atoms with Gasteiger partial charge in [0.2, 0.25) is 5.91 Å². The number of ether oxygens (including phenoxy) is 1. The number of nitrogens with one attached hydrogen (secondary N) is 2. The van der Waals surface area contributed by atoms with Gasteiger partial charge in [-0.05, 0) is 66.0 Å². The Balaban J connectivity index is 1.45. The zero-order valence-corrected chi connectivity index (χ0v) is 21.8. The normalized spacial score (nSPS) is 39.4. The summed E-state index contributed by atoms with van der Waals surface area (Å²) in [6.45, 7) is 9.54. The van der Waals surface area contributed by atoms with Crippen molar-refractivity contribution in [2.24, 2.45) is 23.2 Å². The number of carbonyl (C=O) groups is 1. The number of hydrogen-bond donors (Lipinski definition) is 3. The molecule has 0 aromatic heterocycles. The smallest absolute Gasteiger partial charge is 0.231 e. The van der Waals surface area contributed by atoms with Crippen molar-refractivity contribution >= 4 is 29.5 Å². The topological polar surface area (TPSA) is 73.8 Å². The lowest BCUT2D eigenvalue weighted by molar-refractivity contribution is -0.138. The second-order valence-electron chi connectivity index (χ2n) is 10.8. The third-order valence-electron chi connectivity index (χ3n) is 7.79. The Kier molecular flexibility index (Phi) is 7.68. The van der Waals surface area contributed by atoms with Crippen LogP contribution in [0.5, 0.6) is 0 Å². The number of fused-ring (bicyclic) bond motifs is 1. The summed E-state index contributed by atoms with van der Waals surface area (Å²) < 4.78 is 9.01. The molecule has 184 valence electrons. The highest BCUT2D eigenvalue weighted by molar-refractivity contribution is 8.01. The van der Waals surface area contributed by atoms with Gasteiger partial charge in [-0.2, -0.15) is 0 Å². The highest BCUT2D eigenvalue weighted by Crippen LogP contribution is 2.43. The summed E-state index contributed by atoms with van der Waals surface area (Å²) in [6, 6.07) is -0.138. The molecule has 1 saturated heterocycles. The molecule has 33 heavy (non-hydrogen) atoms. The SMILES string of the molecule is CO[C@H]1CN[C@@H](N2C(=O)C3C(C2O)[C@H](NSC2=CC[C@H](C(C)(C)C)CC2)C=C[C@@H]3Cl)C=C1C. The van der Waals surface area contributed by atoms with E-state index in [0.29, 0.717) is 17.9 Å². The van der Waals surface area contributed by atoms with E-state index in [-0.39, 0.29) is 30.1 Å². The zero-order chi connectivity index (χ0) is 23.9. The van der Waals surface area contributed by atoms with E-state index in [4.69, 9.17) is 16.3 Å². The largest absolute Gasteiger partial charge is 0.376 e. The molecule has 0 radical (unpaired) electrons. The number of halogens is 1. The summed E-state index contributed by atoms with van der Waals surface area (Å²) in [7, 11) is 1.68. The number of nitrogens with zero attached hydrogens (tertiary/aromatic N) is 1. The molecule has 0 saturated carbocycles. The van der Waals surface area contributed by atoms with Crippen LogP contribution in [-0.2, 0) is 9.53 Å². The van der Waals surface area contributed by atoms with Crippen molar-refractivity contribution in [3.05, 3.63) is 34.8 Å². The fourth-order valence-electron chi connectivity index (χ4n) is 5.57. The summed E-state index contributed by atoms with van der Waals surface area (Å²) in [6.07, 6.45) is 10.3. The van der Waals surface area contributed by atoms with Crippen molar-refractivity contribution in [1.82, 2.24) is 14.9 Å². The van der Waals surface area contributed by atoms with Crippen LogP contribution < -0.4 is 10.0 Å². The molecule has 3 unspecified atom stereocenters. The molecule has 0 aromatic rings. The van der Waals surface area contributed by atoms with Crippen LogP contribution in [0, 0.1) is 23.2 Å². The summed E-state index contributed by atoms with van der Waals surface area (Å²) in [5, 5.41) is 14.2. The van der Waals surface area contributed by atoms with E-state index in [1.165, 1.54) is 11.3 Å². The number of carbonyl (C=O) groups excluding carboxylic acids is 1. The summed E-state index contributed by atoms with van der Waals surface area (Å²) in [4.78, 5) is 16.3. The molecule has 1 amide bonds. The van der Waals surface area contributed by atoms with Gasteiger partial charge < -0.3 is 9.84 Å². The Morgan fingerprint density at radius 2 is 2.09 bits per heavy atom. The minimum atomic E-state index is -0.918. The second kappa shape index (κ2) is 10.0. The number of aliphatic hydroxyl groups excluding tert-OH is 1. The quantitative estimate of drug-likeness (QED) is 0.306. The number of likely N-dealkylation sites (tertiary alicyclic amines) is 1. The van der Waals surface area contributed by atoms with Crippen molar-refractivity contribution < 1.29 is 14.6 Å². The Morgan fingerprint density at radius 3 is 2.70 bits per heavy atom. The van der Waals surface area contributed by atoms with Crippen LogP contribution in [0.25, 0.3) is 0 Å². The van der Waals surface area contributed by atoms with Crippen LogP contribution in [0.4, 0.5) is 0 Å². The van der Waals surface area contributed by atoms with Crippen molar-refractivity contribution in [2.75, 3.05) is 13.7 Å². The second-order valence-corrected chi connectivity index (χ2v) is 12.3. The number of aliphatic hydroxyl groups is 1. The molecule has 6 nitrogen and oxygen atoms in total. The summed E-state index contributed by atoms with van der Waals surface area (Å²) in [5.41, 5.74) is 1.38.